The van der Waals surface area contributed by atoms with Gasteiger partial charge in [0.2, 0.25) is 0 Å². The number of nitrogens with one attached hydrogen (secondary N) is 1. The van der Waals surface area contributed by atoms with E-state index < -0.39 is 5.97 Å². The molecule has 0 aliphatic carbocycles. The second-order valence-corrected chi connectivity index (χ2v) is 3.59. The number of carboxylic acid groups (broad SMARTS) is 1. The Morgan fingerprint density at radius 3 is 3.00 bits per heavy atom. The molecular formula is C8H6BrN3O2. The van der Waals surface area contributed by atoms with Crippen LogP contribution in [0.1, 0.15) is 16.2 Å². The van der Waals surface area contributed by atoms with E-state index in [1.807, 2.05) is 0 Å². The lowest BCUT2D eigenvalue weighted by Crippen LogP contribution is -1.96. The van der Waals surface area contributed by atoms with Crippen LogP contribution >= 0.6 is 15.9 Å². The minimum atomic E-state index is -1.00. The van der Waals surface area contributed by atoms with Gasteiger partial charge >= 0.3 is 5.97 Å². The largest absolute Gasteiger partial charge is 0.478 e. The molecule has 0 bridgehead atoms. The molecule has 2 N–H and O–H groups in total. The predicted molar refractivity (Wildman–Crippen MR) is 53.3 cm³/mol. The van der Waals surface area contributed by atoms with Gasteiger partial charge < -0.3 is 10.1 Å². The molecule has 0 fully saturated rings. The van der Waals surface area contributed by atoms with Crippen LogP contribution in [0.25, 0.3) is 11.0 Å². The molecule has 0 unspecified atom stereocenters. The van der Waals surface area contributed by atoms with Crippen LogP contribution < -0.4 is 0 Å². The molecule has 0 saturated heterocycles. The molecule has 0 radical (unpaired) electrons. The summed E-state index contributed by atoms with van der Waals surface area (Å²) >= 11 is 3.13. The molecule has 5 nitrogen and oxygen atoms in total. The Kier molecular flexibility index (Phi) is 1.99. The van der Waals surface area contributed by atoms with Gasteiger partial charge in [-0.05, 0) is 22.9 Å². The summed E-state index contributed by atoms with van der Waals surface area (Å²) in [5.41, 5.74) is 0.696. The summed E-state index contributed by atoms with van der Waals surface area (Å²) in [5, 5.41) is 9.43. The molecule has 0 aromatic carbocycles. The van der Waals surface area contributed by atoms with E-state index in [0.717, 1.165) is 0 Å². The number of halogens is 1. The highest BCUT2D eigenvalue weighted by Crippen LogP contribution is 2.24. The Labute approximate surface area is 87.3 Å². The molecule has 2 rings (SSSR count). The third-order valence-corrected chi connectivity index (χ3v) is 2.43. The standard InChI is InChI=1S/C8H6BrN3O2/c1-3-10-2-4-5(8(13)14)6(9)12-7(4)11-3/h2H,1H3,(H,13,14)(H,10,11,12). The Balaban J connectivity index is 2.84. The molecular weight excluding hydrogens is 250 g/mol. The second-order valence-electron chi connectivity index (χ2n) is 2.80. The normalized spacial score (nSPS) is 10.7. The van der Waals surface area contributed by atoms with E-state index >= 15 is 0 Å². The van der Waals surface area contributed by atoms with Gasteiger partial charge in [-0.25, -0.2) is 14.8 Å². The number of H-pyrrole nitrogens is 1. The molecule has 0 amide bonds. The summed E-state index contributed by atoms with van der Waals surface area (Å²) < 4.78 is 0.417. The number of hydrogen-bond acceptors (Lipinski definition) is 3. The topological polar surface area (TPSA) is 78.9 Å². The van der Waals surface area contributed by atoms with Crippen molar-refractivity contribution in [2.75, 3.05) is 0 Å². The number of fused-ring (bicyclic) bond motifs is 1. The summed E-state index contributed by atoms with van der Waals surface area (Å²) in [7, 11) is 0. The van der Waals surface area contributed by atoms with E-state index in [1.165, 1.54) is 6.20 Å². The van der Waals surface area contributed by atoms with E-state index in [0.29, 0.717) is 21.5 Å². The third kappa shape index (κ3) is 1.27. The van der Waals surface area contributed by atoms with Crippen molar-refractivity contribution in [2.45, 2.75) is 6.92 Å². The van der Waals surface area contributed by atoms with Crippen molar-refractivity contribution >= 4 is 32.9 Å². The molecule has 0 atom stereocenters. The second kappa shape index (κ2) is 3.06. The lowest BCUT2D eigenvalue weighted by molar-refractivity contribution is 0.0698. The highest BCUT2D eigenvalue weighted by Gasteiger charge is 2.16. The number of aryl methyl sites for hydroxylation is 1. The minimum absolute atomic E-state index is 0.167. The van der Waals surface area contributed by atoms with Gasteiger partial charge in [0.05, 0.1) is 9.99 Å². The van der Waals surface area contributed by atoms with Crippen molar-refractivity contribution in [2.24, 2.45) is 0 Å². The monoisotopic (exact) mass is 255 g/mol. The fourth-order valence-electron chi connectivity index (χ4n) is 1.24. The number of rotatable bonds is 1. The first-order valence-electron chi connectivity index (χ1n) is 3.83. The average molecular weight is 256 g/mol. The van der Waals surface area contributed by atoms with Crippen LogP contribution in [0.4, 0.5) is 0 Å². The van der Waals surface area contributed by atoms with Crippen LogP contribution in [0.2, 0.25) is 0 Å². The van der Waals surface area contributed by atoms with Crippen LogP contribution in [0.5, 0.6) is 0 Å². The number of aromatic amines is 1. The Morgan fingerprint density at radius 2 is 2.36 bits per heavy atom. The van der Waals surface area contributed by atoms with E-state index in [1.54, 1.807) is 6.92 Å². The number of aromatic carboxylic acids is 1. The van der Waals surface area contributed by atoms with Crippen molar-refractivity contribution in [1.29, 1.82) is 0 Å². The number of aromatic nitrogens is 3. The predicted octanol–water partition coefficient (Wildman–Crippen LogP) is 1.73. The molecule has 0 spiro atoms. The lowest BCUT2D eigenvalue weighted by Gasteiger charge is -1.92. The first kappa shape index (κ1) is 9.14. The molecule has 72 valence electrons. The SMILES string of the molecule is Cc1ncc2c(C(=O)O)c(Br)[nH]c2n1. The van der Waals surface area contributed by atoms with Crippen molar-refractivity contribution in [3.63, 3.8) is 0 Å². The zero-order chi connectivity index (χ0) is 10.3. The lowest BCUT2D eigenvalue weighted by atomic mass is 10.2. The quantitative estimate of drug-likeness (QED) is 0.814. The summed E-state index contributed by atoms with van der Waals surface area (Å²) in [6.07, 6.45) is 1.50. The van der Waals surface area contributed by atoms with Gasteiger partial charge in [0.1, 0.15) is 17.0 Å². The van der Waals surface area contributed by atoms with Crippen molar-refractivity contribution in [1.82, 2.24) is 15.0 Å². The summed E-state index contributed by atoms with van der Waals surface area (Å²) in [6, 6.07) is 0. The van der Waals surface area contributed by atoms with E-state index in [4.69, 9.17) is 5.11 Å². The first-order chi connectivity index (χ1) is 6.59. The molecule has 6 heteroatoms. The molecule has 0 aliphatic rings. The van der Waals surface area contributed by atoms with Crippen LogP contribution in [-0.2, 0) is 0 Å². The number of carboxylic acids is 1. The zero-order valence-corrected chi connectivity index (χ0v) is 8.79. The van der Waals surface area contributed by atoms with Gasteiger partial charge in [-0.1, -0.05) is 0 Å². The van der Waals surface area contributed by atoms with Gasteiger partial charge in [-0.15, -0.1) is 0 Å². The summed E-state index contributed by atoms with van der Waals surface area (Å²) in [5.74, 6) is -0.404. The number of carbonyl (C=O) groups is 1. The van der Waals surface area contributed by atoms with E-state index in [-0.39, 0.29) is 5.56 Å². The fourth-order valence-corrected chi connectivity index (χ4v) is 1.81. The van der Waals surface area contributed by atoms with Crippen molar-refractivity contribution in [3.05, 3.63) is 22.2 Å². The van der Waals surface area contributed by atoms with Gasteiger partial charge in [0, 0.05) is 6.20 Å². The van der Waals surface area contributed by atoms with Crippen molar-refractivity contribution < 1.29 is 9.90 Å². The first-order valence-corrected chi connectivity index (χ1v) is 4.63. The Hall–Kier alpha value is -1.43. The maximum atomic E-state index is 10.9. The maximum Gasteiger partial charge on any atom is 0.339 e. The van der Waals surface area contributed by atoms with Crippen LogP contribution in [0.15, 0.2) is 10.8 Å². The molecule has 0 saturated carbocycles. The van der Waals surface area contributed by atoms with Gasteiger partial charge in [-0.3, -0.25) is 0 Å². The number of hydrogen-bond donors (Lipinski definition) is 2. The fraction of sp³-hybridized carbons (Fsp3) is 0.125. The molecule has 0 aliphatic heterocycles. The molecule has 2 aromatic heterocycles. The zero-order valence-electron chi connectivity index (χ0n) is 7.21. The maximum absolute atomic E-state index is 10.9. The van der Waals surface area contributed by atoms with Crippen molar-refractivity contribution in [3.8, 4) is 0 Å². The van der Waals surface area contributed by atoms with Gasteiger partial charge in [0.25, 0.3) is 0 Å². The minimum Gasteiger partial charge on any atom is -0.478 e. The Morgan fingerprint density at radius 1 is 1.64 bits per heavy atom. The molecule has 2 heterocycles. The van der Waals surface area contributed by atoms with E-state index in [9.17, 15) is 4.79 Å². The van der Waals surface area contributed by atoms with Gasteiger partial charge in [-0.2, -0.15) is 0 Å². The summed E-state index contributed by atoms with van der Waals surface area (Å²) in [6.45, 7) is 1.74. The smallest absolute Gasteiger partial charge is 0.339 e. The highest BCUT2D eigenvalue weighted by molar-refractivity contribution is 9.10. The average Bonchev–Trinajstić information content (AvgIpc) is 2.39. The van der Waals surface area contributed by atoms with E-state index in [2.05, 4.69) is 30.9 Å². The third-order valence-electron chi connectivity index (χ3n) is 1.84. The Bertz CT molecular complexity index is 521. The number of nitrogens with zero attached hydrogens (tertiary/aromatic N) is 2. The highest BCUT2D eigenvalue weighted by atomic mass is 79.9. The van der Waals surface area contributed by atoms with Crippen LogP contribution in [-0.4, -0.2) is 26.0 Å². The molecule has 14 heavy (non-hydrogen) atoms. The van der Waals surface area contributed by atoms with Crippen LogP contribution in [0.3, 0.4) is 0 Å². The van der Waals surface area contributed by atoms with Gasteiger partial charge in [0.15, 0.2) is 0 Å². The molecule has 2 aromatic rings. The summed E-state index contributed by atoms with van der Waals surface area (Å²) in [4.78, 5) is 21.7. The van der Waals surface area contributed by atoms with Crippen LogP contribution in [0, 0.1) is 6.92 Å².